The molecule has 2 aromatic carbocycles. The van der Waals surface area contributed by atoms with Crippen LogP contribution in [0.25, 0.3) is 0 Å². The van der Waals surface area contributed by atoms with Gasteiger partial charge in [-0.1, -0.05) is 28.1 Å². The van der Waals surface area contributed by atoms with Gasteiger partial charge in [0.1, 0.15) is 5.75 Å². The first-order valence-corrected chi connectivity index (χ1v) is 8.76. The monoisotopic (exact) mass is 415 g/mol. The second-order valence-electron chi connectivity index (χ2n) is 5.80. The average molecular weight is 416 g/mol. The van der Waals surface area contributed by atoms with Crippen molar-refractivity contribution >= 4 is 33.6 Å². The number of methoxy groups -OCH3 is 1. The molecule has 0 radical (unpaired) electrons. The van der Waals surface area contributed by atoms with E-state index in [1.807, 2.05) is 24.3 Å². The molecule has 1 aliphatic heterocycles. The first-order chi connectivity index (χ1) is 12.5. The highest BCUT2D eigenvalue weighted by molar-refractivity contribution is 9.10. The van der Waals surface area contributed by atoms with Gasteiger partial charge in [0.05, 0.1) is 18.7 Å². The number of ether oxygens (including phenoxy) is 1. The summed E-state index contributed by atoms with van der Waals surface area (Å²) >= 11 is 3.37. The minimum atomic E-state index is -0.551. The van der Waals surface area contributed by atoms with Crippen molar-refractivity contribution < 1.29 is 14.3 Å². The molecule has 0 saturated carbocycles. The Labute approximate surface area is 159 Å². The molecule has 0 fully saturated rings. The Morgan fingerprint density at radius 3 is 2.38 bits per heavy atom. The smallest absolute Gasteiger partial charge is 0.319 e. The molecule has 6 nitrogen and oxygen atoms in total. The van der Waals surface area contributed by atoms with E-state index >= 15 is 0 Å². The molecule has 0 spiro atoms. The number of amides is 3. The first-order valence-electron chi connectivity index (χ1n) is 7.97. The number of halogens is 1. The van der Waals surface area contributed by atoms with Crippen molar-refractivity contribution in [3.63, 3.8) is 0 Å². The average Bonchev–Trinajstić information content (AvgIpc) is 2.63. The molecule has 26 heavy (non-hydrogen) atoms. The van der Waals surface area contributed by atoms with Gasteiger partial charge in [0.15, 0.2) is 0 Å². The fourth-order valence-electron chi connectivity index (χ4n) is 2.77. The fourth-order valence-corrected chi connectivity index (χ4v) is 3.04. The lowest BCUT2D eigenvalue weighted by atomic mass is 9.94. The number of benzene rings is 2. The highest BCUT2D eigenvalue weighted by Crippen LogP contribution is 2.29. The Morgan fingerprint density at radius 1 is 1.12 bits per heavy atom. The van der Waals surface area contributed by atoms with Crippen molar-refractivity contribution in [2.24, 2.45) is 0 Å². The third-order valence-electron chi connectivity index (χ3n) is 4.06. The molecule has 0 bridgehead atoms. The molecular weight excluding hydrogens is 398 g/mol. The van der Waals surface area contributed by atoms with Gasteiger partial charge in [0, 0.05) is 15.9 Å². The maximum Gasteiger partial charge on any atom is 0.319 e. The van der Waals surface area contributed by atoms with E-state index < -0.39 is 6.04 Å². The molecular formula is C19H18BrN3O3. The normalized spacial score (nSPS) is 16.6. The van der Waals surface area contributed by atoms with Crippen molar-refractivity contribution in [2.45, 2.75) is 13.0 Å². The van der Waals surface area contributed by atoms with Gasteiger partial charge in [-0.2, -0.15) is 0 Å². The Kier molecular flexibility index (Phi) is 5.27. The molecule has 3 N–H and O–H groups in total. The number of hydrogen-bond donors (Lipinski definition) is 3. The highest BCUT2D eigenvalue weighted by atomic mass is 79.9. The van der Waals surface area contributed by atoms with Crippen LogP contribution in [0.4, 0.5) is 10.5 Å². The van der Waals surface area contributed by atoms with Crippen LogP contribution in [0.5, 0.6) is 5.75 Å². The van der Waals surface area contributed by atoms with E-state index in [1.54, 1.807) is 38.3 Å². The van der Waals surface area contributed by atoms with Crippen LogP contribution in [0, 0.1) is 0 Å². The quantitative estimate of drug-likeness (QED) is 0.711. The van der Waals surface area contributed by atoms with E-state index in [4.69, 9.17) is 4.74 Å². The molecule has 1 heterocycles. The molecule has 3 amide bonds. The maximum absolute atomic E-state index is 12.9. The largest absolute Gasteiger partial charge is 0.497 e. The van der Waals surface area contributed by atoms with E-state index in [-0.39, 0.29) is 11.9 Å². The molecule has 0 saturated heterocycles. The summed E-state index contributed by atoms with van der Waals surface area (Å²) in [5.74, 6) is 0.425. The van der Waals surface area contributed by atoms with Crippen LogP contribution in [0.2, 0.25) is 0 Å². The molecule has 7 heteroatoms. The van der Waals surface area contributed by atoms with Gasteiger partial charge in [-0.15, -0.1) is 0 Å². The number of carbonyl (C=O) groups is 2. The zero-order valence-electron chi connectivity index (χ0n) is 14.3. The summed E-state index contributed by atoms with van der Waals surface area (Å²) in [6.07, 6.45) is 0. The molecule has 0 unspecified atom stereocenters. The number of hydrogen-bond acceptors (Lipinski definition) is 3. The molecule has 3 rings (SSSR count). The van der Waals surface area contributed by atoms with Gasteiger partial charge in [-0.05, 0) is 48.9 Å². The number of nitrogens with one attached hydrogen (secondary N) is 3. The van der Waals surface area contributed by atoms with Crippen LogP contribution in [0.15, 0.2) is 64.3 Å². The van der Waals surface area contributed by atoms with Gasteiger partial charge in [0.25, 0.3) is 5.91 Å². The van der Waals surface area contributed by atoms with Crippen molar-refractivity contribution in [3.05, 3.63) is 69.8 Å². The predicted molar refractivity (Wildman–Crippen MR) is 103 cm³/mol. The van der Waals surface area contributed by atoms with Crippen molar-refractivity contribution in [3.8, 4) is 5.75 Å². The maximum atomic E-state index is 12.9. The Balaban J connectivity index is 1.91. The summed E-state index contributed by atoms with van der Waals surface area (Å²) in [6, 6.07) is 13.6. The lowest BCUT2D eigenvalue weighted by Gasteiger charge is -2.28. The minimum absolute atomic E-state index is 0.279. The number of carbonyl (C=O) groups excluding carboxylic acids is 2. The number of urea groups is 1. The van der Waals surface area contributed by atoms with Crippen molar-refractivity contribution in [2.75, 3.05) is 12.4 Å². The van der Waals surface area contributed by atoms with Crippen LogP contribution >= 0.6 is 15.9 Å². The SMILES string of the molecule is COc1ccc([C@@H]2NC(=O)NC(C)=C2C(=O)Nc2ccc(Br)cc2)cc1. The Hall–Kier alpha value is -2.80. The second-order valence-corrected chi connectivity index (χ2v) is 6.72. The molecule has 134 valence electrons. The summed E-state index contributed by atoms with van der Waals surface area (Å²) in [4.78, 5) is 24.8. The van der Waals surface area contributed by atoms with Crippen LogP contribution in [-0.4, -0.2) is 19.0 Å². The molecule has 2 aromatic rings. The molecule has 1 atom stereocenters. The lowest BCUT2D eigenvalue weighted by Crippen LogP contribution is -2.45. The number of anilines is 1. The van der Waals surface area contributed by atoms with E-state index in [2.05, 4.69) is 31.9 Å². The summed E-state index contributed by atoms with van der Waals surface area (Å²) in [5.41, 5.74) is 2.44. The Morgan fingerprint density at radius 2 is 1.77 bits per heavy atom. The molecule has 0 aromatic heterocycles. The fraction of sp³-hybridized carbons (Fsp3) is 0.158. The Bertz CT molecular complexity index is 861. The lowest BCUT2D eigenvalue weighted by molar-refractivity contribution is -0.113. The van der Waals surface area contributed by atoms with Gasteiger partial charge in [-0.25, -0.2) is 4.79 Å². The van der Waals surface area contributed by atoms with Crippen LogP contribution in [0.3, 0.4) is 0 Å². The topological polar surface area (TPSA) is 79.5 Å². The van der Waals surface area contributed by atoms with Crippen LogP contribution in [0.1, 0.15) is 18.5 Å². The second kappa shape index (κ2) is 7.61. The first kappa shape index (κ1) is 18.0. The van der Waals surface area contributed by atoms with Gasteiger partial charge in [-0.3, -0.25) is 4.79 Å². The number of allylic oxidation sites excluding steroid dienone is 1. The minimum Gasteiger partial charge on any atom is -0.497 e. The summed E-state index contributed by atoms with van der Waals surface area (Å²) in [7, 11) is 1.59. The third kappa shape index (κ3) is 3.88. The van der Waals surface area contributed by atoms with Crippen molar-refractivity contribution in [1.82, 2.24) is 10.6 Å². The standard InChI is InChI=1S/C19H18BrN3O3/c1-11-16(18(24)22-14-7-5-13(20)6-8-14)17(23-19(25)21-11)12-3-9-15(26-2)10-4-12/h3-10,17H,1-2H3,(H,22,24)(H2,21,23,25)/t17-/m0/s1. The summed E-state index contributed by atoms with van der Waals surface area (Å²) < 4.78 is 6.09. The zero-order chi connectivity index (χ0) is 18.7. The van der Waals surface area contributed by atoms with Crippen LogP contribution in [-0.2, 0) is 4.79 Å². The van der Waals surface area contributed by atoms with Crippen molar-refractivity contribution in [1.29, 1.82) is 0 Å². The zero-order valence-corrected chi connectivity index (χ0v) is 15.9. The van der Waals surface area contributed by atoms with Gasteiger partial charge < -0.3 is 20.7 Å². The van der Waals surface area contributed by atoms with E-state index in [9.17, 15) is 9.59 Å². The van der Waals surface area contributed by atoms with Crippen LogP contribution < -0.4 is 20.7 Å². The summed E-state index contributed by atoms with van der Waals surface area (Å²) in [5, 5.41) is 8.35. The van der Waals surface area contributed by atoms with Gasteiger partial charge >= 0.3 is 6.03 Å². The van der Waals surface area contributed by atoms with E-state index in [0.717, 1.165) is 10.0 Å². The van der Waals surface area contributed by atoms with Gasteiger partial charge in [0.2, 0.25) is 0 Å². The predicted octanol–water partition coefficient (Wildman–Crippen LogP) is 3.72. The van der Waals surface area contributed by atoms with E-state index in [0.29, 0.717) is 22.7 Å². The third-order valence-corrected chi connectivity index (χ3v) is 4.59. The molecule has 0 aliphatic carbocycles. The molecule has 1 aliphatic rings. The van der Waals surface area contributed by atoms with E-state index in [1.165, 1.54) is 0 Å². The number of rotatable bonds is 4. The highest BCUT2D eigenvalue weighted by Gasteiger charge is 2.31. The summed E-state index contributed by atoms with van der Waals surface area (Å²) in [6.45, 7) is 1.71.